The lowest BCUT2D eigenvalue weighted by Crippen LogP contribution is -2.37. The molecule has 41 heavy (non-hydrogen) atoms. The number of aliphatic carboxylic acids is 1. The number of fused-ring (bicyclic) bond motifs is 8. The maximum absolute atomic E-state index is 13.7. The topological polar surface area (TPSA) is 134 Å². The smallest absolute Gasteiger partial charge is 0.318 e. The van der Waals surface area contributed by atoms with E-state index in [0.717, 1.165) is 68.4 Å². The minimum absolute atomic E-state index is 0.101. The zero-order chi connectivity index (χ0) is 29.3. The number of carbonyl (C=O) groups is 2. The number of Topliss-reactive ketones (excluding diaryl/α,β-unsaturated/α-hetero) is 1. The molecule has 4 atom stereocenters. The highest BCUT2D eigenvalue weighted by Crippen LogP contribution is 2.41. The van der Waals surface area contributed by atoms with Crippen LogP contribution in [-0.2, 0) is 11.2 Å². The summed E-state index contributed by atoms with van der Waals surface area (Å²) in [5.41, 5.74) is 8.31. The first-order chi connectivity index (χ1) is 19.6. The second kappa shape index (κ2) is 9.58. The van der Waals surface area contributed by atoms with E-state index >= 15 is 0 Å². The molecule has 1 aliphatic carbocycles. The van der Waals surface area contributed by atoms with E-state index in [4.69, 9.17) is 0 Å². The number of carboxylic acid groups (broad SMARTS) is 1. The van der Waals surface area contributed by atoms with E-state index in [1.807, 2.05) is 39.0 Å². The summed E-state index contributed by atoms with van der Waals surface area (Å²) in [5.74, 6) is -2.53. The lowest BCUT2D eigenvalue weighted by atomic mass is 9.81. The van der Waals surface area contributed by atoms with Gasteiger partial charge in [-0.3, -0.25) is 9.59 Å². The molecule has 2 aliphatic heterocycles. The van der Waals surface area contributed by atoms with Crippen LogP contribution in [0.15, 0.2) is 12.3 Å². The average molecular weight is 553 g/mol. The number of aromatic amines is 3. The van der Waals surface area contributed by atoms with Crippen molar-refractivity contribution in [3.8, 4) is 0 Å². The zero-order valence-corrected chi connectivity index (χ0v) is 24.0. The van der Waals surface area contributed by atoms with Crippen LogP contribution in [0.2, 0.25) is 0 Å². The standard InChI is InChI=1S/C33H36N4O4/c1-7-17-14(4)21-10-22-15(5)18(8-2)30(36-22)28-29(33(40)41)32(39)27-16(6)23(37-31(27)28)11-25-19(9-3)20(13-38)26(35-25)12-24(17)34-21/h7,10-13,15,18,29-30,34-38H,1,8-9H2,2-6H3,(H,40,41)/b20-13-,22-10+,23-11-,26-12-/t15-,18-,29+,30?/m0/s1. The van der Waals surface area contributed by atoms with Crippen LogP contribution in [0.3, 0.4) is 0 Å². The SMILES string of the molecule is C=Cc1c2[nH]c(c1C)/C=C1/NC(C3=c4[nH]/c(c(C)c4C(=O)[C@@H]3C(=O)O)=C\c3[nH]c(/c(=C\O)c3CC)=C\2)[C@@H](CC)[C@@H]1C. The largest absolute Gasteiger partial charge is 0.515 e. The third-order valence-electron chi connectivity index (χ3n) is 9.47. The average Bonchev–Trinajstić information content (AvgIpc) is 3.68. The molecular weight excluding hydrogens is 516 g/mol. The number of aliphatic hydroxyl groups is 1. The van der Waals surface area contributed by atoms with Crippen molar-refractivity contribution in [1.29, 1.82) is 0 Å². The number of rotatable bonds is 4. The minimum atomic E-state index is -1.24. The fourth-order valence-electron chi connectivity index (χ4n) is 7.28. The number of carboxylic acids is 1. The van der Waals surface area contributed by atoms with Gasteiger partial charge in [-0.2, -0.15) is 0 Å². The van der Waals surface area contributed by atoms with Crippen molar-refractivity contribution in [3.05, 3.63) is 78.4 Å². The predicted molar refractivity (Wildman–Crippen MR) is 161 cm³/mol. The van der Waals surface area contributed by atoms with Gasteiger partial charge < -0.3 is 30.5 Å². The van der Waals surface area contributed by atoms with Gasteiger partial charge in [0, 0.05) is 50.4 Å². The molecule has 212 valence electrons. The van der Waals surface area contributed by atoms with Crippen molar-refractivity contribution in [1.82, 2.24) is 20.3 Å². The minimum Gasteiger partial charge on any atom is -0.515 e. The Hall–Kier alpha value is -4.46. The van der Waals surface area contributed by atoms with Crippen molar-refractivity contribution >= 4 is 47.9 Å². The molecule has 8 heteroatoms. The molecule has 1 unspecified atom stereocenters. The van der Waals surface area contributed by atoms with Crippen LogP contribution in [0.5, 0.6) is 0 Å². The molecule has 6 N–H and O–H groups in total. The highest BCUT2D eigenvalue weighted by molar-refractivity contribution is 6.19. The Labute approximate surface area is 237 Å². The van der Waals surface area contributed by atoms with Crippen LogP contribution in [0.25, 0.3) is 36.1 Å². The number of ketones is 1. The van der Waals surface area contributed by atoms with Crippen LogP contribution in [0.1, 0.15) is 76.9 Å². The normalized spacial score (nSPS) is 26.2. The second-order valence-corrected chi connectivity index (χ2v) is 11.4. The Kier molecular flexibility index (Phi) is 6.25. The molecule has 0 aromatic carbocycles. The van der Waals surface area contributed by atoms with Crippen LogP contribution < -0.4 is 26.6 Å². The Morgan fingerprint density at radius 1 is 1.02 bits per heavy atom. The predicted octanol–water partition coefficient (Wildman–Crippen LogP) is 2.48. The Balaban J connectivity index is 1.78. The number of carbonyl (C=O) groups excluding carboxylic acids is 1. The van der Waals surface area contributed by atoms with Gasteiger partial charge in [0.05, 0.1) is 23.0 Å². The van der Waals surface area contributed by atoms with E-state index in [2.05, 4.69) is 46.8 Å². The van der Waals surface area contributed by atoms with E-state index in [0.29, 0.717) is 28.1 Å². The highest BCUT2D eigenvalue weighted by atomic mass is 16.4. The number of allylic oxidation sites excluding steroid dienone is 1. The maximum Gasteiger partial charge on any atom is 0.318 e. The fourth-order valence-corrected chi connectivity index (χ4v) is 7.28. The molecule has 0 amide bonds. The number of hydrogen-bond donors (Lipinski definition) is 6. The molecule has 3 aromatic heterocycles. The monoisotopic (exact) mass is 552 g/mol. The lowest BCUT2D eigenvalue weighted by molar-refractivity contribution is -0.138. The van der Waals surface area contributed by atoms with Gasteiger partial charge in [-0.15, -0.1) is 0 Å². The van der Waals surface area contributed by atoms with Crippen LogP contribution in [-0.4, -0.2) is 43.0 Å². The third-order valence-corrected chi connectivity index (χ3v) is 9.47. The first kappa shape index (κ1) is 26.7. The van der Waals surface area contributed by atoms with Gasteiger partial charge in [0.15, 0.2) is 5.78 Å². The van der Waals surface area contributed by atoms with E-state index in [9.17, 15) is 19.8 Å². The first-order valence-corrected chi connectivity index (χ1v) is 14.3. The van der Waals surface area contributed by atoms with Gasteiger partial charge in [-0.1, -0.05) is 39.8 Å². The Morgan fingerprint density at radius 2 is 1.76 bits per heavy atom. The molecule has 0 saturated carbocycles. The summed E-state index contributed by atoms with van der Waals surface area (Å²) >= 11 is 0. The number of aliphatic hydroxyl groups excluding tert-OH is 1. The Morgan fingerprint density at radius 3 is 2.39 bits per heavy atom. The summed E-state index contributed by atoms with van der Waals surface area (Å²) in [6.07, 6.45) is 10.5. The van der Waals surface area contributed by atoms with Crippen molar-refractivity contribution in [3.63, 3.8) is 0 Å². The summed E-state index contributed by atoms with van der Waals surface area (Å²) in [6.45, 7) is 14.3. The molecule has 5 heterocycles. The van der Waals surface area contributed by atoms with Crippen molar-refractivity contribution in [2.45, 2.75) is 53.5 Å². The maximum atomic E-state index is 13.7. The van der Waals surface area contributed by atoms with Crippen LogP contribution >= 0.6 is 0 Å². The molecule has 3 aliphatic rings. The molecule has 6 rings (SSSR count). The lowest BCUT2D eigenvalue weighted by Gasteiger charge is -2.23. The number of H-pyrrole nitrogens is 3. The van der Waals surface area contributed by atoms with Gasteiger partial charge in [0.1, 0.15) is 5.92 Å². The molecule has 0 radical (unpaired) electrons. The molecule has 8 bridgehead atoms. The Bertz CT molecular complexity index is 1930. The number of nitrogens with one attached hydrogen (secondary N) is 4. The molecule has 1 fully saturated rings. The second-order valence-electron chi connectivity index (χ2n) is 11.4. The van der Waals surface area contributed by atoms with Crippen molar-refractivity contribution in [2.75, 3.05) is 0 Å². The summed E-state index contributed by atoms with van der Waals surface area (Å²) in [5, 5.41) is 27.0. The molecule has 1 saturated heterocycles. The van der Waals surface area contributed by atoms with Gasteiger partial charge in [0.25, 0.3) is 0 Å². The third kappa shape index (κ3) is 3.73. The van der Waals surface area contributed by atoms with Crippen molar-refractivity contribution in [2.24, 2.45) is 17.8 Å². The van der Waals surface area contributed by atoms with Gasteiger partial charge >= 0.3 is 5.97 Å². The van der Waals surface area contributed by atoms with Gasteiger partial charge in [-0.05, 0) is 66.7 Å². The molecule has 3 aromatic rings. The summed E-state index contributed by atoms with van der Waals surface area (Å²) in [7, 11) is 0. The van der Waals surface area contributed by atoms with Crippen LogP contribution in [0.4, 0.5) is 0 Å². The molecule has 0 spiro atoms. The van der Waals surface area contributed by atoms with E-state index in [1.165, 1.54) is 0 Å². The van der Waals surface area contributed by atoms with Crippen molar-refractivity contribution < 1.29 is 19.8 Å². The van der Waals surface area contributed by atoms with Crippen LogP contribution in [0, 0.1) is 31.6 Å². The molecular formula is C33H36N4O4. The van der Waals surface area contributed by atoms with E-state index < -0.39 is 11.9 Å². The quantitative estimate of drug-likeness (QED) is 0.277. The summed E-state index contributed by atoms with van der Waals surface area (Å²) < 4.78 is 0. The number of aromatic nitrogens is 3. The number of hydrogen-bond acceptors (Lipinski definition) is 4. The summed E-state index contributed by atoms with van der Waals surface area (Å²) in [4.78, 5) is 36.8. The van der Waals surface area contributed by atoms with E-state index in [1.54, 1.807) is 0 Å². The highest BCUT2D eigenvalue weighted by Gasteiger charge is 2.48. The summed E-state index contributed by atoms with van der Waals surface area (Å²) in [6, 6.07) is -0.314. The van der Waals surface area contributed by atoms with E-state index in [-0.39, 0.29) is 23.7 Å². The first-order valence-electron chi connectivity index (χ1n) is 14.3. The van der Waals surface area contributed by atoms with Gasteiger partial charge in [0.2, 0.25) is 0 Å². The zero-order valence-electron chi connectivity index (χ0n) is 24.0. The molecule has 8 nitrogen and oxygen atoms in total. The van der Waals surface area contributed by atoms with Gasteiger partial charge in [-0.25, -0.2) is 0 Å². The fraction of sp³-hybridized carbons (Fsp3) is 0.333.